The summed E-state index contributed by atoms with van der Waals surface area (Å²) in [7, 11) is 0. The number of aromatic nitrogens is 3. The number of nitriles is 2. The van der Waals surface area contributed by atoms with Crippen LogP contribution in [0, 0.1) is 22.7 Å². The Morgan fingerprint density at radius 2 is 2.00 bits per heavy atom. The summed E-state index contributed by atoms with van der Waals surface area (Å²) in [6.07, 6.45) is 4.63. The van der Waals surface area contributed by atoms with Gasteiger partial charge in [0, 0.05) is 18.6 Å². The Morgan fingerprint density at radius 3 is 2.60 bits per heavy atom. The minimum absolute atomic E-state index is 0.271. The van der Waals surface area contributed by atoms with E-state index < -0.39 is 0 Å². The molecule has 70 valence electrons. The highest BCUT2D eigenvalue weighted by Gasteiger charge is 2.04. The van der Waals surface area contributed by atoms with Gasteiger partial charge in [0.05, 0.1) is 5.56 Å². The summed E-state index contributed by atoms with van der Waals surface area (Å²) in [5.74, 6) is 0.843. The highest BCUT2D eigenvalue weighted by atomic mass is 15.1. The Balaban J connectivity index is 2.48. The SMILES string of the molecule is N#Cc1ccc(-n2ccnc2C#N)nc1. The first-order chi connectivity index (χ1) is 7.35. The molecule has 0 aromatic carbocycles. The molecular formula is C10H5N5. The number of hydrogen-bond acceptors (Lipinski definition) is 4. The number of pyridine rings is 1. The fourth-order valence-corrected chi connectivity index (χ4v) is 1.17. The van der Waals surface area contributed by atoms with E-state index in [1.165, 1.54) is 12.4 Å². The Morgan fingerprint density at radius 1 is 1.13 bits per heavy atom. The van der Waals surface area contributed by atoms with Gasteiger partial charge in [-0.25, -0.2) is 9.97 Å². The molecule has 0 radical (unpaired) electrons. The van der Waals surface area contributed by atoms with E-state index in [0.717, 1.165) is 0 Å². The summed E-state index contributed by atoms with van der Waals surface area (Å²) in [5, 5.41) is 17.4. The van der Waals surface area contributed by atoms with Gasteiger partial charge in [0.2, 0.25) is 5.82 Å². The van der Waals surface area contributed by atoms with E-state index in [2.05, 4.69) is 9.97 Å². The topological polar surface area (TPSA) is 78.3 Å². The van der Waals surface area contributed by atoms with Gasteiger partial charge in [0.25, 0.3) is 0 Å². The first-order valence-corrected chi connectivity index (χ1v) is 4.15. The Labute approximate surface area is 85.9 Å². The van der Waals surface area contributed by atoms with E-state index in [1.54, 1.807) is 22.9 Å². The smallest absolute Gasteiger partial charge is 0.218 e. The van der Waals surface area contributed by atoms with Gasteiger partial charge in [0.1, 0.15) is 18.0 Å². The quantitative estimate of drug-likeness (QED) is 0.680. The molecule has 2 aromatic rings. The molecule has 5 nitrogen and oxygen atoms in total. The van der Waals surface area contributed by atoms with Gasteiger partial charge in [-0.2, -0.15) is 10.5 Å². The maximum Gasteiger partial charge on any atom is 0.218 e. The van der Waals surface area contributed by atoms with E-state index in [-0.39, 0.29) is 5.82 Å². The van der Waals surface area contributed by atoms with E-state index >= 15 is 0 Å². The van der Waals surface area contributed by atoms with E-state index in [9.17, 15) is 0 Å². The van der Waals surface area contributed by atoms with Gasteiger partial charge < -0.3 is 0 Å². The standard InChI is InChI=1S/C10H5N5/c11-5-8-1-2-9(14-7-8)15-4-3-13-10(15)6-12/h1-4,7H. The first-order valence-electron chi connectivity index (χ1n) is 4.15. The van der Waals surface area contributed by atoms with Crippen molar-refractivity contribution in [3.8, 4) is 18.0 Å². The Hall–Kier alpha value is -2.66. The summed E-state index contributed by atoms with van der Waals surface area (Å²) in [6, 6.07) is 7.24. The summed E-state index contributed by atoms with van der Waals surface area (Å²) >= 11 is 0. The molecule has 0 amide bonds. The van der Waals surface area contributed by atoms with E-state index in [1.807, 2.05) is 12.1 Å². The summed E-state index contributed by atoms with van der Waals surface area (Å²) in [6.45, 7) is 0. The van der Waals surface area contributed by atoms with Crippen molar-refractivity contribution in [1.29, 1.82) is 10.5 Å². The van der Waals surface area contributed by atoms with Crippen LogP contribution in [0.4, 0.5) is 0 Å². The molecular weight excluding hydrogens is 190 g/mol. The van der Waals surface area contributed by atoms with Crippen LogP contribution >= 0.6 is 0 Å². The van der Waals surface area contributed by atoms with Crippen molar-refractivity contribution in [2.24, 2.45) is 0 Å². The molecule has 0 N–H and O–H groups in total. The zero-order valence-corrected chi connectivity index (χ0v) is 7.62. The average Bonchev–Trinajstić information content (AvgIpc) is 2.77. The zero-order chi connectivity index (χ0) is 10.7. The van der Waals surface area contributed by atoms with Crippen molar-refractivity contribution in [1.82, 2.24) is 14.5 Å². The predicted molar refractivity (Wildman–Crippen MR) is 50.8 cm³/mol. The molecule has 0 aliphatic heterocycles. The van der Waals surface area contributed by atoms with Crippen LogP contribution in [0.1, 0.15) is 11.4 Å². The third-order valence-corrected chi connectivity index (χ3v) is 1.86. The van der Waals surface area contributed by atoms with Crippen molar-refractivity contribution in [2.45, 2.75) is 0 Å². The van der Waals surface area contributed by atoms with Crippen molar-refractivity contribution in [2.75, 3.05) is 0 Å². The molecule has 0 atom stereocenters. The van der Waals surface area contributed by atoms with Crippen LogP contribution in [0.3, 0.4) is 0 Å². The lowest BCUT2D eigenvalue weighted by Crippen LogP contribution is -1.99. The summed E-state index contributed by atoms with van der Waals surface area (Å²) in [5.41, 5.74) is 0.484. The molecule has 0 saturated carbocycles. The largest absolute Gasteiger partial charge is 0.275 e. The monoisotopic (exact) mass is 195 g/mol. The van der Waals surface area contributed by atoms with Crippen LogP contribution in [0.5, 0.6) is 0 Å². The van der Waals surface area contributed by atoms with Crippen LogP contribution in [0.2, 0.25) is 0 Å². The van der Waals surface area contributed by atoms with Crippen molar-refractivity contribution in [3.05, 3.63) is 42.1 Å². The second-order valence-electron chi connectivity index (χ2n) is 2.75. The second kappa shape index (κ2) is 3.60. The number of hydrogen-bond donors (Lipinski definition) is 0. The van der Waals surface area contributed by atoms with Gasteiger partial charge >= 0.3 is 0 Å². The molecule has 0 saturated heterocycles. The second-order valence-corrected chi connectivity index (χ2v) is 2.75. The molecule has 2 heterocycles. The fourth-order valence-electron chi connectivity index (χ4n) is 1.17. The molecule has 5 heteroatoms. The highest BCUT2D eigenvalue weighted by Crippen LogP contribution is 2.07. The lowest BCUT2D eigenvalue weighted by atomic mass is 10.3. The minimum atomic E-state index is 0.271. The number of nitrogens with zero attached hydrogens (tertiary/aromatic N) is 5. The predicted octanol–water partition coefficient (Wildman–Crippen LogP) is 1.01. The zero-order valence-electron chi connectivity index (χ0n) is 7.62. The lowest BCUT2D eigenvalue weighted by molar-refractivity contribution is 0.966. The summed E-state index contributed by atoms with van der Waals surface area (Å²) in [4.78, 5) is 7.90. The third-order valence-electron chi connectivity index (χ3n) is 1.86. The Kier molecular flexibility index (Phi) is 2.14. The third kappa shape index (κ3) is 1.54. The van der Waals surface area contributed by atoms with Gasteiger partial charge in [-0.05, 0) is 12.1 Å². The van der Waals surface area contributed by atoms with E-state index in [0.29, 0.717) is 11.4 Å². The van der Waals surface area contributed by atoms with Crippen LogP contribution in [-0.4, -0.2) is 14.5 Å². The van der Waals surface area contributed by atoms with Crippen molar-refractivity contribution < 1.29 is 0 Å². The van der Waals surface area contributed by atoms with Crippen LogP contribution < -0.4 is 0 Å². The molecule has 0 fully saturated rings. The fraction of sp³-hybridized carbons (Fsp3) is 0. The van der Waals surface area contributed by atoms with Gasteiger partial charge in [-0.15, -0.1) is 0 Å². The number of rotatable bonds is 1. The first kappa shape index (κ1) is 8.92. The molecule has 2 aromatic heterocycles. The molecule has 0 unspecified atom stereocenters. The maximum atomic E-state index is 8.76. The summed E-state index contributed by atoms with van der Waals surface area (Å²) < 4.78 is 1.56. The van der Waals surface area contributed by atoms with Crippen LogP contribution in [-0.2, 0) is 0 Å². The lowest BCUT2D eigenvalue weighted by Gasteiger charge is -2.00. The normalized spacial score (nSPS) is 9.20. The number of imidazole rings is 1. The average molecular weight is 195 g/mol. The van der Waals surface area contributed by atoms with Crippen LogP contribution in [0.15, 0.2) is 30.7 Å². The molecule has 0 bridgehead atoms. The molecule has 2 rings (SSSR count). The van der Waals surface area contributed by atoms with Gasteiger partial charge in [-0.1, -0.05) is 0 Å². The molecule has 0 spiro atoms. The van der Waals surface area contributed by atoms with Crippen LogP contribution in [0.25, 0.3) is 5.82 Å². The van der Waals surface area contributed by atoms with Crippen molar-refractivity contribution in [3.63, 3.8) is 0 Å². The van der Waals surface area contributed by atoms with Gasteiger partial charge in [-0.3, -0.25) is 4.57 Å². The highest BCUT2D eigenvalue weighted by molar-refractivity contribution is 5.34. The molecule has 15 heavy (non-hydrogen) atoms. The molecule has 0 aliphatic carbocycles. The van der Waals surface area contributed by atoms with Crippen molar-refractivity contribution >= 4 is 0 Å². The van der Waals surface area contributed by atoms with E-state index in [4.69, 9.17) is 10.5 Å². The maximum absolute atomic E-state index is 8.76. The van der Waals surface area contributed by atoms with Gasteiger partial charge in [0.15, 0.2) is 0 Å². The minimum Gasteiger partial charge on any atom is -0.275 e. The Bertz CT molecular complexity index is 553. The molecule has 0 aliphatic rings.